The van der Waals surface area contributed by atoms with Crippen molar-refractivity contribution in [2.75, 3.05) is 10.7 Å². The summed E-state index contributed by atoms with van der Waals surface area (Å²) in [5, 5.41) is 12.0. The number of benzene rings is 2. The van der Waals surface area contributed by atoms with Crippen LogP contribution in [0, 0.1) is 11.3 Å². The minimum absolute atomic E-state index is 0.00478. The van der Waals surface area contributed by atoms with Crippen molar-refractivity contribution in [3.63, 3.8) is 0 Å². The van der Waals surface area contributed by atoms with Crippen molar-refractivity contribution < 1.29 is 27.3 Å². The molecule has 2 aromatic carbocycles. The Hall–Kier alpha value is -3.29. The van der Waals surface area contributed by atoms with Crippen molar-refractivity contribution in [2.24, 2.45) is 0 Å². The summed E-state index contributed by atoms with van der Waals surface area (Å²) in [6.07, 6.45) is -3.59. The fraction of sp³-hybridized carbons (Fsp3) is 0.292. The molecule has 2 unspecified atom stereocenters. The fourth-order valence-corrected chi connectivity index (χ4v) is 5.33. The van der Waals surface area contributed by atoms with Crippen molar-refractivity contribution >= 4 is 28.7 Å². The molecule has 0 bridgehead atoms. The first kappa shape index (κ1) is 23.9. The van der Waals surface area contributed by atoms with Gasteiger partial charge in [-0.1, -0.05) is 12.1 Å². The van der Waals surface area contributed by atoms with Gasteiger partial charge in [0.2, 0.25) is 0 Å². The van der Waals surface area contributed by atoms with Gasteiger partial charge in [0.25, 0.3) is 0 Å². The average molecular weight is 488 g/mol. The molecule has 1 N–H and O–H groups in total. The van der Waals surface area contributed by atoms with Crippen molar-refractivity contribution in [1.82, 2.24) is 5.32 Å². The summed E-state index contributed by atoms with van der Waals surface area (Å²) in [4.78, 5) is 27.7. The van der Waals surface area contributed by atoms with Crippen LogP contribution < -0.4 is 10.2 Å². The lowest BCUT2D eigenvalue weighted by Crippen LogP contribution is -2.49. The Morgan fingerprint density at radius 3 is 2.65 bits per heavy atom. The highest BCUT2D eigenvalue weighted by Gasteiger charge is 2.42. The number of hydrogen-bond donors (Lipinski definition) is 1. The molecule has 1 heterocycles. The van der Waals surface area contributed by atoms with Crippen LogP contribution in [0.4, 0.5) is 23.7 Å². The van der Waals surface area contributed by atoms with Gasteiger partial charge in [-0.25, -0.2) is 4.79 Å². The van der Waals surface area contributed by atoms with E-state index in [4.69, 9.17) is 0 Å². The zero-order valence-corrected chi connectivity index (χ0v) is 18.9. The summed E-state index contributed by atoms with van der Waals surface area (Å²) < 4.78 is 52.6. The van der Waals surface area contributed by atoms with Gasteiger partial charge in [0.1, 0.15) is 5.75 Å². The van der Waals surface area contributed by atoms with Crippen molar-refractivity contribution in [1.29, 1.82) is 5.26 Å². The third-order valence-electron chi connectivity index (χ3n) is 5.85. The van der Waals surface area contributed by atoms with Crippen LogP contribution in [0.5, 0.6) is 0 Å². The van der Waals surface area contributed by atoms with Gasteiger partial charge in [0.05, 0.1) is 28.9 Å². The molecule has 0 fully saturated rings. The van der Waals surface area contributed by atoms with Crippen LogP contribution in [-0.2, 0) is 22.1 Å². The number of halogens is 3. The molecule has 2 aliphatic rings. The highest BCUT2D eigenvalue weighted by molar-refractivity contribution is 7.91. The number of urea groups is 1. The number of rotatable bonds is 4. The first-order valence-corrected chi connectivity index (χ1v) is 11.9. The molecule has 34 heavy (non-hydrogen) atoms. The van der Waals surface area contributed by atoms with Crippen LogP contribution in [0.15, 0.2) is 58.6 Å². The molecule has 1 aliphatic carbocycles. The number of carbonyl (C=O) groups is 2. The minimum atomic E-state index is -4.59. The zero-order valence-electron chi connectivity index (χ0n) is 18.1. The van der Waals surface area contributed by atoms with Gasteiger partial charge < -0.3 is 9.87 Å². The molecule has 1 aliphatic heterocycles. The highest BCUT2D eigenvalue weighted by Crippen LogP contribution is 2.42. The fourth-order valence-electron chi connectivity index (χ4n) is 4.31. The van der Waals surface area contributed by atoms with Crippen LogP contribution in [0.3, 0.4) is 0 Å². The molecular weight excluding hydrogens is 467 g/mol. The molecule has 10 heteroatoms. The summed E-state index contributed by atoms with van der Waals surface area (Å²) in [7, 11) is 0. The molecule has 2 amide bonds. The molecule has 2 atom stereocenters. The van der Waals surface area contributed by atoms with E-state index in [-0.39, 0.29) is 34.8 Å². The van der Waals surface area contributed by atoms with Crippen LogP contribution in [0.2, 0.25) is 0 Å². The molecule has 0 radical (unpaired) electrons. The maximum atomic E-state index is 13.3. The molecular formula is C24H20F3N3O3S. The maximum Gasteiger partial charge on any atom is 0.416 e. The summed E-state index contributed by atoms with van der Waals surface area (Å²) in [5.41, 5.74) is 0.419. The number of hydrogen-bond acceptors (Lipinski definition) is 4. The Kier molecular flexibility index (Phi) is 6.43. The number of ketones is 1. The van der Waals surface area contributed by atoms with Crippen LogP contribution in [-0.4, -0.2) is 22.1 Å². The number of anilines is 1. The lowest BCUT2D eigenvalue weighted by Gasteiger charge is -2.39. The van der Waals surface area contributed by atoms with Gasteiger partial charge in [-0.2, -0.15) is 18.4 Å². The monoisotopic (exact) mass is 487 g/mol. The molecule has 6 nitrogen and oxygen atoms in total. The molecule has 2 aromatic rings. The first-order chi connectivity index (χ1) is 16.2. The van der Waals surface area contributed by atoms with Gasteiger partial charge in [-0.05, 0) is 55.2 Å². The van der Waals surface area contributed by atoms with Crippen molar-refractivity contribution in [2.45, 2.75) is 43.3 Å². The lowest BCUT2D eigenvalue weighted by molar-refractivity contribution is -0.137. The van der Waals surface area contributed by atoms with Crippen LogP contribution in [0.25, 0.3) is 0 Å². The van der Waals surface area contributed by atoms with Gasteiger partial charge in [-0.3, -0.25) is 9.69 Å². The number of nitriles is 1. The van der Waals surface area contributed by atoms with E-state index in [0.29, 0.717) is 29.0 Å². The summed E-state index contributed by atoms with van der Waals surface area (Å²) in [6.45, 7) is 1.71. The SMILES string of the molecule is CC[S+]([O-])c1cc(C#N)ccc1C1NC(=O)N(c2cccc(C(F)(F)F)c2)C2=C1C(=O)CCC2. The Morgan fingerprint density at radius 2 is 1.97 bits per heavy atom. The number of carbonyl (C=O) groups excluding carboxylic acids is 2. The van der Waals surface area contributed by atoms with E-state index in [9.17, 15) is 32.6 Å². The van der Waals surface area contributed by atoms with Crippen LogP contribution >= 0.6 is 0 Å². The Bertz CT molecular complexity index is 1240. The second-order valence-electron chi connectivity index (χ2n) is 7.90. The van der Waals surface area contributed by atoms with Gasteiger partial charge >= 0.3 is 12.2 Å². The number of nitrogens with zero attached hydrogens (tertiary/aromatic N) is 2. The average Bonchev–Trinajstić information content (AvgIpc) is 2.82. The maximum absolute atomic E-state index is 13.3. The molecule has 176 valence electrons. The lowest BCUT2D eigenvalue weighted by atomic mass is 9.84. The van der Waals surface area contributed by atoms with Gasteiger partial charge in [-0.15, -0.1) is 0 Å². The summed E-state index contributed by atoms with van der Waals surface area (Å²) in [5.74, 6) is 0.0273. The standard InChI is InChI=1S/C24H20F3N3O3S/c1-2-34(33)20-11-14(13-28)9-10-17(20)22-21-18(7-4-8-19(21)31)30(23(32)29-22)16-6-3-5-15(12-16)24(25,26)27/h3,5-6,9-12,22H,2,4,7-8H2,1H3,(H,29,32). The molecule has 0 saturated carbocycles. The summed E-state index contributed by atoms with van der Waals surface area (Å²) in [6, 6.07) is 9.35. The van der Waals surface area contributed by atoms with E-state index in [0.717, 1.165) is 17.0 Å². The van der Waals surface area contributed by atoms with E-state index in [1.165, 1.54) is 24.3 Å². The topological polar surface area (TPSA) is 96.3 Å². The predicted molar refractivity (Wildman–Crippen MR) is 119 cm³/mol. The second-order valence-corrected chi connectivity index (χ2v) is 9.61. The van der Waals surface area contributed by atoms with Crippen LogP contribution in [0.1, 0.15) is 48.9 Å². The number of Topliss-reactive ketones (excluding diaryl/α,β-unsaturated/α-hetero) is 1. The van der Waals surface area contributed by atoms with E-state index >= 15 is 0 Å². The zero-order chi connectivity index (χ0) is 24.6. The van der Waals surface area contributed by atoms with E-state index in [1.54, 1.807) is 13.0 Å². The third-order valence-corrected chi connectivity index (χ3v) is 7.22. The normalized spacial score (nSPS) is 19.4. The van der Waals surface area contributed by atoms with Gasteiger partial charge in [0.15, 0.2) is 10.7 Å². The summed E-state index contributed by atoms with van der Waals surface area (Å²) >= 11 is -1.48. The largest absolute Gasteiger partial charge is 0.611 e. The number of amides is 2. The number of alkyl halides is 3. The van der Waals surface area contributed by atoms with E-state index < -0.39 is 35.0 Å². The predicted octanol–water partition coefficient (Wildman–Crippen LogP) is 4.98. The van der Waals surface area contributed by atoms with E-state index in [2.05, 4.69) is 5.32 Å². The minimum Gasteiger partial charge on any atom is -0.611 e. The molecule has 4 rings (SSSR count). The highest BCUT2D eigenvalue weighted by atomic mass is 32.2. The van der Waals surface area contributed by atoms with E-state index in [1.807, 2.05) is 6.07 Å². The smallest absolute Gasteiger partial charge is 0.416 e. The first-order valence-electron chi connectivity index (χ1n) is 10.6. The Balaban J connectivity index is 1.89. The Morgan fingerprint density at radius 1 is 1.21 bits per heavy atom. The Labute approximate surface area is 197 Å². The van der Waals surface area contributed by atoms with Crippen molar-refractivity contribution in [3.8, 4) is 6.07 Å². The second kappa shape index (κ2) is 9.16. The molecule has 0 spiro atoms. The quantitative estimate of drug-likeness (QED) is 0.615. The number of allylic oxidation sites excluding steroid dienone is 1. The van der Waals surface area contributed by atoms with Gasteiger partial charge in [0, 0.05) is 29.3 Å². The molecule has 0 saturated heterocycles. The van der Waals surface area contributed by atoms with Crippen molar-refractivity contribution in [3.05, 3.63) is 70.4 Å². The number of nitrogens with one attached hydrogen (secondary N) is 1. The third kappa shape index (κ3) is 4.29. The molecule has 0 aromatic heterocycles.